The first kappa shape index (κ1) is 14.0. The molecule has 0 saturated carbocycles. The maximum atomic E-state index is 11.6. The summed E-state index contributed by atoms with van der Waals surface area (Å²) in [5.41, 5.74) is 6.06. The van der Waals surface area contributed by atoms with E-state index in [0.717, 1.165) is 4.47 Å². The maximum absolute atomic E-state index is 11.6. The topological polar surface area (TPSA) is 57.2 Å². The van der Waals surface area contributed by atoms with Crippen molar-refractivity contribution < 1.29 is 4.74 Å². The quantitative estimate of drug-likeness (QED) is 0.928. The lowest BCUT2D eigenvalue weighted by Gasteiger charge is -2.10. The number of hydrogen-bond acceptors (Lipinski definition) is 3. The molecule has 0 atom stereocenters. The van der Waals surface area contributed by atoms with Crippen LogP contribution in [0.5, 0.6) is 5.75 Å². The van der Waals surface area contributed by atoms with E-state index in [4.69, 9.17) is 22.1 Å². The number of nitrogens with zero attached hydrogens (tertiary/aromatic N) is 1. The second-order valence-corrected chi connectivity index (χ2v) is 5.24. The first-order chi connectivity index (χ1) is 9.06. The fourth-order valence-electron chi connectivity index (χ4n) is 1.57. The van der Waals surface area contributed by atoms with Gasteiger partial charge in [-0.1, -0.05) is 27.5 Å². The van der Waals surface area contributed by atoms with Crippen LogP contribution in [0.1, 0.15) is 0 Å². The molecule has 0 fully saturated rings. The van der Waals surface area contributed by atoms with Gasteiger partial charge in [0, 0.05) is 22.4 Å². The number of rotatable bonds is 4. The Bertz CT molecular complexity index is 643. The zero-order valence-electron chi connectivity index (χ0n) is 9.98. The molecule has 0 bridgehead atoms. The van der Waals surface area contributed by atoms with Crippen LogP contribution in [0.3, 0.4) is 0 Å². The van der Waals surface area contributed by atoms with Crippen LogP contribution in [0.15, 0.2) is 45.8 Å². The molecule has 6 heteroatoms. The van der Waals surface area contributed by atoms with E-state index in [1.165, 1.54) is 10.6 Å². The molecule has 1 aromatic heterocycles. The maximum Gasteiger partial charge on any atom is 0.250 e. The van der Waals surface area contributed by atoms with Crippen molar-refractivity contribution in [3.05, 3.63) is 56.4 Å². The summed E-state index contributed by atoms with van der Waals surface area (Å²) in [5.74, 6) is 0.577. The van der Waals surface area contributed by atoms with Crippen molar-refractivity contribution in [1.82, 2.24) is 4.57 Å². The zero-order chi connectivity index (χ0) is 13.8. The summed E-state index contributed by atoms with van der Waals surface area (Å²) in [5, 5.41) is 0.531. The Hall–Kier alpha value is -1.46. The highest BCUT2D eigenvalue weighted by Crippen LogP contribution is 2.27. The molecule has 0 spiro atoms. The lowest BCUT2D eigenvalue weighted by atomic mass is 10.3. The SMILES string of the molecule is Nc1ccc(=O)n(CCOc2cc(Br)ccc2Cl)c1. The first-order valence-corrected chi connectivity index (χ1v) is 6.77. The highest BCUT2D eigenvalue weighted by molar-refractivity contribution is 9.10. The molecule has 1 heterocycles. The number of nitrogen functional groups attached to an aromatic ring is 1. The Labute approximate surface area is 123 Å². The van der Waals surface area contributed by atoms with Crippen molar-refractivity contribution in [2.45, 2.75) is 6.54 Å². The molecule has 0 aliphatic rings. The second-order valence-electron chi connectivity index (χ2n) is 3.92. The predicted molar refractivity (Wildman–Crippen MR) is 79.8 cm³/mol. The van der Waals surface area contributed by atoms with E-state index in [2.05, 4.69) is 15.9 Å². The van der Waals surface area contributed by atoms with Crippen LogP contribution in [0.2, 0.25) is 5.02 Å². The fraction of sp³-hybridized carbons (Fsp3) is 0.154. The molecule has 1 aromatic carbocycles. The minimum Gasteiger partial charge on any atom is -0.490 e. The molecular weight excluding hydrogens is 332 g/mol. The van der Waals surface area contributed by atoms with Crippen LogP contribution in [-0.4, -0.2) is 11.2 Å². The summed E-state index contributed by atoms with van der Waals surface area (Å²) >= 11 is 9.34. The fourth-order valence-corrected chi connectivity index (χ4v) is 2.08. The third kappa shape index (κ3) is 3.75. The van der Waals surface area contributed by atoms with E-state index < -0.39 is 0 Å². The number of pyridine rings is 1. The summed E-state index contributed by atoms with van der Waals surface area (Å²) in [4.78, 5) is 11.6. The van der Waals surface area contributed by atoms with Gasteiger partial charge >= 0.3 is 0 Å². The molecule has 2 rings (SSSR count). The average molecular weight is 344 g/mol. The molecule has 0 amide bonds. The summed E-state index contributed by atoms with van der Waals surface area (Å²) in [6.07, 6.45) is 1.59. The molecule has 4 nitrogen and oxygen atoms in total. The van der Waals surface area contributed by atoms with Crippen LogP contribution in [0, 0.1) is 0 Å². The van der Waals surface area contributed by atoms with E-state index >= 15 is 0 Å². The number of aromatic nitrogens is 1. The smallest absolute Gasteiger partial charge is 0.250 e. The Kier molecular flexibility index (Phi) is 4.50. The predicted octanol–water partition coefficient (Wildman–Crippen LogP) is 2.93. The first-order valence-electron chi connectivity index (χ1n) is 5.60. The van der Waals surface area contributed by atoms with Crippen LogP contribution in [0.4, 0.5) is 5.69 Å². The molecule has 0 unspecified atom stereocenters. The van der Waals surface area contributed by atoms with Crippen molar-refractivity contribution >= 4 is 33.2 Å². The van der Waals surface area contributed by atoms with Crippen molar-refractivity contribution in [1.29, 1.82) is 0 Å². The molecule has 0 aliphatic carbocycles. The van der Waals surface area contributed by atoms with Crippen molar-refractivity contribution in [2.75, 3.05) is 12.3 Å². The summed E-state index contributed by atoms with van der Waals surface area (Å²) in [6, 6.07) is 8.36. The van der Waals surface area contributed by atoms with Gasteiger partial charge in [0.1, 0.15) is 12.4 Å². The summed E-state index contributed by atoms with van der Waals surface area (Å²) < 4.78 is 7.94. The number of ether oxygens (including phenoxy) is 1. The zero-order valence-corrected chi connectivity index (χ0v) is 12.3. The highest BCUT2D eigenvalue weighted by atomic mass is 79.9. The minimum atomic E-state index is -0.113. The van der Waals surface area contributed by atoms with Gasteiger partial charge in [-0.25, -0.2) is 0 Å². The third-order valence-corrected chi connectivity index (χ3v) is 3.29. The third-order valence-electron chi connectivity index (χ3n) is 2.49. The van der Waals surface area contributed by atoms with Crippen LogP contribution in [0.25, 0.3) is 0 Å². The molecule has 2 N–H and O–H groups in total. The molecule has 0 radical (unpaired) electrons. The number of hydrogen-bond donors (Lipinski definition) is 1. The molecule has 0 saturated heterocycles. The van der Waals surface area contributed by atoms with Gasteiger partial charge in [-0.2, -0.15) is 0 Å². The van der Waals surface area contributed by atoms with Crippen LogP contribution < -0.4 is 16.0 Å². The van der Waals surface area contributed by atoms with Gasteiger partial charge in [0.25, 0.3) is 5.56 Å². The Balaban J connectivity index is 2.02. The van der Waals surface area contributed by atoms with E-state index in [1.807, 2.05) is 6.07 Å². The number of nitrogens with two attached hydrogens (primary N) is 1. The monoisotopic (exact) mass is 342 g/mol. The molecule has 2 aromatic rings. The van der Waals surface area contributed by atoms with E-state index in [0.29, 0.717) is 29.6 Å². The molecular formula is C13H12BrClN2O2. The van der Waals surface area contributed by atoms with Gasteiger partial charge in [0.15, 0.2) is 0 Å². The lowest BCUT2D eigenvalue weighted by molar-refractivity contribution is 0.296. The van der Waals surface area contributed by atoms with Crippen molar-refractivity contribution in [3.8, 4) is 5.75 Å². The number of halogens is 2. The van der Waals surface area contributed by atoms with Gasteiger partial charge in [0.2, 0.25) is 0 Å². The summed E-state index contributed by atoms with van der Waals surface area (Å²) in [6.45, 7) is 0.742. The van der Waals surface area contributed by atoms with Crippen molar-refractivity contribution in [2.24, 2.45) is 0 Å². The van der Waals surface area contributed by atoms with Gasteiger partial charge in [0.05, 0.1) is 11.6 Å². The molecule has 100 valence electrons. The standard InChI is InChI=1S/C13H12BrClN2O2/c14-9-1-3-11(15)12(7-9)19-6-5-17-8-10(16)2-4-13(17)18/h1-4,7-8H,5-6,16H2. The molecule has 0 aliphatic heterocycles. The number of benzene rings is 1. The normalized spacial score (nSPS) is 10.4. The van der Waals surface area contributed by atoms with Gasteiger partial charge in [-0.05, 0) is 24.3 Å². The Morgan fingerprint density at radius 1 is 1.32 bits per heavy atom. The van der Waals surface area contributed by atoms with Gasteiger partial charge < -0.3 is 15.0 Å². The lowest BCUT2D eigenvalue weighted by Crippen LogP contribution is -2.22. The van der Waals surface area contributed by atoms with Crippen LogP contribution >= 0.6 is 27.5 Å². The second kappa shape index (κ2) is 6.12. The van der Waals surface area contributed by atoms with Crippen molar-refractivity contribution in [3.63, 3.8) is 0 Å². The van der Waals surface area contributed by atoms with E-state index in [1.54, 1.807) is 24.4 Å². The number of anilines is 1. The van der Waals surface area contributed by atoms with Crippen LogP contribution in [-0.2, 0) is 6.54 Å². The van der Waals surface area contributed by atoms with E-state index in [9.17, 15) is 4.79 Å². The summed E-state index contributed by atoms with van der Waals surface area (Å²) in [7, 11) is 0. The molecule has 19 heavy (non-hydrogen) atoms. The Morgan fingerprint density at radius 2 is 2.11 bits per heavy atom. The van der Waals surface area contributed by atoms with E-state index in [-0.39, 0.29) is 5.56 Å². The largest absolute Gasteiger partial charge is 0.490 e. The Morgan fingerprint density at radius 3 is 2.89 bits per heavy atom. The van der Waals surface area contributed by atoms with Gasteiger partial charge in [-0.15, -0.1) is 0 Å². The highest BCUT2D eigenvalue weighted by Gasteiger charge is 2.03. The minimum absolute atomic E-state index is 0.113. The average Bonchev–Trinajstić information content (AvgIpc) is 2.38. The van der Waals surface area contributed by atoms with Gasteiger partial charge in [-0.3, -0.25) is 4.79 Å².